The lowest BCUT2D eigenvalue weighted by atomic mass is 10.0. The van der Waals surface area contributed by atoms with Crippen molar-refractivity contribution in [2.45, 2.75) is 488 Å². The van der Waals surface area contributed by atoms with Crippen molar-refractivity contribution in [1.82, 2.24) is 5.32 Å². The first kappa shape index (κ1) is 88.3. The first-order chi connectivity index (χ1) is 44.5. The molecule has 0 fully saturated rings. The zero-order valence-corrected chi connectivity index (χ0v) is 61.4. The molecule has 2 atom stereocenters. The van der Waals surface area contributed by atoms with Gasteiger partial charge in [-0.2, -0.15) is 0 Å². The standard InChI is InChI=1S/C84H163NO5/c1-3-5-7-9-11-13-15-17-19-21-22-38-41-45-48-52-56-60-64-68-72-76-82(87)81(80-86)85-83(88)77-73-69-65-61-57-53-49-46-42-39-36-34-32-30-28-26-24-23-25-27-29-31-33-35-37-40-43-47-51-55-59-63-67-71-75-79-90-84(89)78-74-70-66-62-58-54-50-44-20-18-16-14-12-10-8-6-4-2/h25,27,72,76,81-82,86-87H,3-24,26,28-71,73-75,77-80H2,1-2H3,(H,85,88)/b27-25-,76-72+. The van der Waals surface area contributed by atoms with Gasteiger partial charge in [-0.1, -0.05) is 430 Å². The van der Waals surface area contributed by atoms with E-state index in [9.17, 15) is 19.8 Å². The predicted octanol–water partition coefficient (Wildman–Crippen LogP) is 27.6. The molecule has 0 aromatic rings. The number of amides is 1. The van der Waals surface area contributed by atoms with Crippen LogP contribution in [-0.4, -0.2) is 47.4 Å². The lowest BCUT2D eigenvalue weighted by Crippen LogP contribution is -2.45. The smallest absolute Gasteiger partial charge is 0.305 e. The van der Waals surface area contributed by atoms with Crippen LogP contribution in [0.1, 0.15) is 476 Å². The Morgan fingerprint density at radius 3 is 0.789 bits per heavy atom. The number of carbonyl (C=O) groups is 2. The van der Waals surface area contributed by atoms with Gasteiger partial charge < -0.3 is 20.3 Å². The van der Waals surface area contributed by atoms with Crippen LogP contribution in [0.5, 0.6) is 0 Å². The monoisotopic (exact) mass is 1270 g/mol. The van der Waals surface area contributed by atoms with Crippen molar-refractivity contribution in [3.05, 3.63) is 24.3 Å². The molecule has 0 aromatic heterocycles. The molecule has 0 aromatic carbocycles. The number of unbranched alkanes of at least 4 members (excludes halogenated alkanes) is 66. The maximum atomic E-state index is 12.5. The third-order valence-electron chi connectivity index (χ3n) is 19.7. The lowest BCUT2D eigenvalue weighted by Gasteiger charge is -2.20. The van der Waals surface area contributed by atoms with Gasteiger partial charge in [0.1, 0.15) is 0 Å². The predicted molar refractivity (Wildman–Crippen MR) is 398 cm³/mol. The normalized spacial score (nSPS) is 12.5. The van der Waals surface area contributed by atoms with Crippen molar-refractivity contribution in [3.63, 3.8) is 0 Å². The first-order valence-corrected chi connectivity index (χ1v) is 41.6. The Kier molecular flexibility index (Phi) is 78.3. The van der Waals surface area contributed by atoms with Gasteiger partial charge in [0.2, 0.25) is 5.91 Å². The zero-order chi connectivity index (χ0) is 64.9. The second kappa shape index (κ2) is 79.8. The summed E-state index contributed by atoms with van der Waals surface area (Å²) in [5, 5.41) is 23.3. The minimum Gasteiger partial charge on any atom is -0.466 e. The molecule has 0 aliphatic rings. The Morgan fingerprint density at radius 2 is 0.522 bits per heavy atom. The van der Waals surface area contributed by atoms with Crippen molar-refractivity contribution >= 4 is 11.9 Å². The van der Waals surface area contributed by atoms with Crippen molar-refractivity contribution < 1.29 is 24.5 Å². The van der Waals surface area contributed by atoms with Crippen LogP contribution in [0.15, 0.2) is 24.3 Å². The molecule has 0 aliphatic heterocycles. The fourth-order valence-electron chi connectivity index (χ4n) is 13.4. The number of hydrogen-bond donors (Lipinski definition) is 3. The van der Waals surface area contributed by atoms with Gasteiger partial charge in [-0.05, 0) is 57.8 Å². The number of aliphatic hydroxyl groups is 2. The van der Waals surface area contributed by atoms with E-state index in [4.69, 9.17) is 4.74 Å². The molecule has 0 aliphatic carbocycles. The lowest BCUT2D eigenvalue weighted by molar-refractivity contribution is -0.143. The third kappa shape index (κ3) is 75.4. The number of allylic oxidation sites excluding steroid dienone is 3. The number of ether oxygens (including phenoxy) is 1. The molecule has 0 spiro atoms. The summed E-state index contributed by atoms with van der Waals surface area (Å²) in [6.45, 7) is 4.97. The number of hydrogen-bond acceptors (Lipinski definition) is 5. The number of rotatable bonds is 79. The number of nitrogens with one attached hydrogen (secondary N) is 1. The molecule has 0 radical (unpaired) electrons. The van der Waals surface area contributed by atoms with E-state index in [0.29, 0.717) is 19.4 Å². The van der Waals surface area contributed by atoms with Gasteiger partial charge in [0.15, 0.2) is 0 Å². The average molecular weight is 1270 g/mol. The molecule has 0 heterocycles. The SMILES string of the molecule is CCCCCCCCCCCCCCCCCCCCC/C=C/C(O)C(CO)NC(=O)CCCCCCCCCCCCCCCCCCC/C=C\CCCCCCCCCCCCCCCCOC(=O)CCCCCCCCCCCCCCCCCCC. The quantitative estimate of drug-likeness (QED) is 0.0320. The van der Waals surface area contributed by atoms with E-state index < -0.39 is 12.1 Å². The molecule has 6 heteroatoms. The molecule has 2 unspecified atom stereocenters. The summed E-state index contributed by atoms with van der Waals surface area (Å²) in [5.74, 6) is -0.0342. The van der Waals surface area contributed by atoms with E-state index in [0.717, 1.165) is 38.5 Å². The van der Waals surface area contributed by atoms with Gasteiger partial charge in [-0.3, -0.25) is 9.59 Å². The van der Waals surface area contributed by atoms with Gasteiger partial charge >= 0.3 is 5.97 Å². The molecular formula is C84H163NO5. The van der Waals surface area contributed by atoms with Crippen LogP contribution in [0.25, 0.3) is 0 Å². The molecule has 0 rings (SSSR count). The average Bonchev–Trinajstić information content (AvgIpc) is 3.60. The zero-order valence-electron chi connectivity index (χ0n) is 61.4. The Morgan fingerprint density at radius 1 is 0.300 bits per heavy atom. The number of esters is 1. The minimum absolute atomic E-state index is 0.0251. The molecule has 6 nitrogen and oxygen atoms in total. The number of carbonyl (C=O) groups excluding carboxylic acids is 2. The van der Waals surface area contributed by atoms with Crippen LogP contribution in [-0.2, 0) is 14.3 Å². The largest absolute Gasteiger partial charge is 0.466 e. The molecule has 1 amide bonds. The van der Waals surface area contributed by atoms with E-state index in [1.54, 1.807) is 6.08 Å². The molecule has 0 saturated carbocycles. The fraction of sp³-hybridized carbons (Fsp3) is 0.929. The van der Waals surface area contributed by atoms with E-state index >= 15 is 0 Å². The van der Waals surface area contributed by atoms with Crippen LogP contribution in [0.3, 0.4) is 0 Å². The van der Waals surface area contributed by atoms with Gasteiger partial charge in [-0.15, -0.1) is 0 Å². The summed E-state index contributed by atoms with van der Waals surface area (Å²) < 4.78 is 5.52. The summed E-state index contributed by atoms with van der Waals surface area (Å²) in [7, 11) is 0. The van der Waals surface area contributed by atoms with E-state index in [-0.39, 0.29) is 18.5 Å². The topological polar surface area (TPSA) is 95.9 Å². The summed E-state index contributed by atoms with van der Waals surface area (Å²) >= 11 is 0. The highest BCUT2D eigenvalue weighted by atomic mass is 16.5. The molecule has 90 heavy (non-hydrogen) atoms. The van der Waals surface area contributed by atoms with E-state index in [1.807, 2.05) is 6.08 Å². The Labute approximate surface area is 564 Å². The Bertz CT molecular complexity index is 1410. The highest BCUT2D eigenvalue weighted by Crippen LogP contribution is 2.20. The molecule has 0 bridgehead atoms. The van der Waals surface area contributed by atoms with E-state index in [2.05, 4.69) is 31.3 Å². The van der Waals surface area contributed by atoms with Crippen LogP contribution >= 0.6 is 0 Å². The maximum Gasteiger partial charge on any atom is 0.305 e. The van der Waals surface area contributed by atoms with Crippen molar-refractivity contribution in [1.29, 1.82) is 0 Å². The van der Waals surface area contributed by atoms with Gasteiger partial charge in [-0.25, -0.2) is 0 Å². The summed E-state index contributed by atoms with van der Waals surface area (Å²) in [6.07, 6.45) is 103. The third-order valence-corrected chi connectivity index (χ3v) is 19.7. The van der Waals surface area contributed by atoms with Crippen molar-refractivity contribution in [2.75, 3.05) is 13.2 Å². The summed E-state index contributed by atoms with van der Waals surface area (Å²) in [6, 6.07) is -0.626. The number of aliphatic hydroxyl groups excluding tert-OH is 2. The fourth-order valence-corrected chi connectivity index (χ4v) is 13.4. The summed E-state index contributed by atoms with van der Waals surface area (Å²) in [4.78, 5) is 24.7. The highest BCUT2D eigenvalue weighted by molar-refractivity contribution is 5.76. The Hall–Kier alpha value is -1.66. The Balaban J connectivity index is 3.35. The van der Waals surface area contributed by atoms with Gasteiger partial charge in [0.05, 0.1) is 25.4 Å². The molecular weight excluding hydrogens is 1100 g/mol. The molecule has 3 N–H and O–H groups in total. The van der Waals surface area contributed by atoms with Crippen LogP contribution in [0.4, 0.5) is 0 Å². The second-order valence-electron chi connectivity index (χ2n) is 28.8. The molecule has 0 saturated heterocycles. The minimum atomic E-state index is -0.843. The van der Waals surface area contributed by atoms with Crippen LogP contribution in [0.2, 0.25) is 0 Å². The first-order valence-electron chi connectivity index (χ1n) is 41.6. The second-order valence-corrected chi connectivity index (χ2v) is 28.8. The van der Waals surface area contributed by atoms with Crippen LogP contribution in [0, 0.1) is 0 Å². The van der Waals surface area contributed by atoms with Crippen molar-refractivity contribution in [3.8, 4) is 0 Å². The van der Waals surface area contributed by atoms with Gasteiger partial charge in [0.25, 0.3) is 0 Å². The summed E-state index contributed by atoms with van der Waals surface area (Å²) in [5.41, 5.74) is 0. The van der Waals surface area contributed by atoms with Crippen molar-refractivity contribution in [2.24, 2.45) is 0 Å². The molecule has 534 valence electrons. The highest BCUT2D eigenvalue weighted by Gasteiger charge is 2.18. The van der Waals surface area contributed by atoms with Gasteiger partial charge in [0, 0.05) is 12.8 Å². The van der Waals surface area contributed by atoms with Crippen LogP contribution < -0.4 is 5.32 Å². The maximum absolute atomic E-state index is 12.5. The van der Waals surface area contributed by atoms with E-state index in [1.165, 1.54) is 411 Å².